The lowest BCUT2D eigenvalue weighted by atomic mass is 10.1. The summed E-state index contributed by atoms with van der Waals surface area (Å²) < 4.78 is 74.4. The number of carboxylic acid groups (broad SMARTS) is 1. The van der Waals surface area contributed by atoms with Gasteiger partial charge >= 0.3 is 11.7 Å². The van der Waals surface area contributed by atoms with Gasteiger partial charge in [-0.15, -0.1) is 5.10 Å². The quantitative estimate of drug-likeness (QED) is 0.460. The summed E-state index contributed by atoms with van der Waals surface area (Å²) in [6.45, 7) is -0.228. The predicted octanol–water partition coefficient (Wildman–Crippen LogP) is 3.09. The number of nitrogens with zero attached hydrogens (tertiary/aromatic N) is 3. The number of amides is 1. The topological polar surface area (TPSA) is 115 Å². The van der Waals surface area contributed by atoms with Crippen molar-refractivity contribution in [2.75, 3.05) is 12.0 Å². The average Bonchev–Trinajstić information content (AvgIpc) is 3.09. The van der Waals surface area contributed by atoms with Crippen LogP contribution >= 0.6 is 0 Å². The largest absolute Gasteiger partial charge is 0.481 e. The summed E-state index contributed by atoms with van der Waals surface area (Å²) >= 11 is 0. The molecule has 0 saturated carbocycles. The highest BCUT2D eigenvalue weighted by molar-refractivity contribution is 6.06. The molecular formula is C21H17F5N4O5. The fourth-order valence-corrected chi connectivity index (χ4v) is 3.04. The van der Waals surface area contributed by atoms with Crippen LogP contribution in [0.15, 0.2) is 35.1 Å². The third-order valence-electron chi connectivity index (χ3n) is 4.87. The molecule has 1 heterocycles. The fourth-order valence-electron chi connectivity index (χ4n) is 3.04. The van der Waals surface area contributed by atoms with Gasteiger partial charge in [0.1, 0.15) is 29.7 Å². The second-order valence-electron chi connectivity index (χ2n) is 7.21. The number of carbonyl (C=O) groups is 2. The van der Waals surface area contributed by atoms with Crippen molar-refractivity contribution in [1.82, 2.24) is 14.3 Å². The first-order valence-electron chi connectivity index (χ1n) is 9.76. The van der Waals surface area contributed by atoms with Crippen LogP contribution in [0, 0.1) is 18.6 Å². The number of rotatable bonds is 8. The van der Waals surface area contributed by atoms with E-state index >= 15 is 0 Å². The second-order valence-corrected chi connectivity index (χ2v) is 7.21. The Morgan fingerprint density at radius 2 is 1.89 bits per heavy atom. The second kappa shape index (κ2) is 9.95. The molecule has 3 rings (SSSR count). The lowest BCUT2D eigenvalue weighted by Crippen LogP contribution is -2.29. The van der Waals surface area contributed by atoms with Crippen LogP contribution in [0.5, 0.6) is 5.75 Å². The zero-order chi connectivity index (χ0) is 26.0. The first kappa shape index (κ1) is 25.4. The number of carbonyl (C=O) groups excluding carboxylic acids is 1. The predicted molar refractivity (Wildman–Crippen MR) is 111 cm³/mol. The minimum Gasteiger partial charge on any atom is -0.481 e. The Hall–Kier alpha value is -4.23. The number of carboxylic acids is 1. The van der Waals surface area contributed by atoms with Gasteiger partial charge in [-0.3, -0.25) is 9.36 Å². The Bertz CT molecular complexity index is 1330. The molecule has 0 aliphatic carbocycles. The molecule has 0 aliphatic heterocycles. The summed E-state index contributed by atoms with van der Waals surface area (Å²) in [5.74, 6) is -6.52. The number of para-hydroxylation sites is 1. The monoisotopic (exact) mass is 500 g/mol. The van der Waals surface area contributed by atoms with Gasteiger partial charge in [-0.1, -0.05) is 12.1 Å². The van der Waals surface area contributed by atoms with Crippen molar-refractivity contribution in [1.29, 1.82) is 0 Å². The molecule has 2 aromatic carbocycles. The first-order valence-corrected chi connectivity index (χ1v) is 9.76. The van der Waals surface area contributed by atoms with Crippen LogP contribution in [-0.2, 0) is 7.05 Å². The zero-order valence-electron chi connectivity index (χ0n) is 18.1. The maximum Gasteiger partial charge on any atom is 0.374 e. The summed E-state index contributed by atoms with van der Waals surface area (Å²) in [5, 5.41) is 14.8. The van der Waals surface area contributed by atoms with Gasteiger partial charge < -0.3 is 15.2 Å². The summed E-state index contributed by atoms with van der Waals surface area (Å²) in [7, 11) is 1.04. The molecule has 0 bridgehead atoms. The van der Waals surface area contributed by atoms with Gasteiger partial charge in [-0.25, -0.2) is 31.5 Å². The molecule has 2 N–H and O–H groups in total. The van der Waals surface area contributed by atoms with Gasteiger partial charge in [0.2, 0.25) is 5.82 Å². The van der Waals surface area contributed by atoms with Gasteiger partial charge in [0.25, 0.3) is 12.3 Å². The number of nitrogens with one attached hydrogen (secondary N) is 1. The Labute approximate surface area is 193 Å². The molecule has 0 radical (unpaired) electrons. The normalized spacial score (nSPS) is 12.0. The smallest absolute Gasteiger partial charge is 0.374 e. The van der Waals surface area contributed by atoms with Crippen LogP contribution in [0.1, 0.15) is 26.5 Å². The van der Waals surface area contributed by atoms with E-state index in [1.165, 1.54) is 19.1 Å². The van der Waals surface area contributed by atoms with Gasteiger partial charge in [0.05, 0.1) is 11.3 Å². The molecule has 1 aromatic heterocycles. The van der Waals surface area contributed by atoms with Crippen molar-refractivity contribution in [2.24, 2.45) is 7.05 Å². The van der Waals surface area contributed by atoms with Crippen LogP contribution in [0.2, 0.25) is 0 Å². The standard InChI is InChI=1S/C21H17F5N4O5/c1-9-4-3-5-11(23)16(9)27-19(31)10-6-12(24)13(7-14(10)35-15(8-22)17(25)26)30-21(34)29(2)18(28-30)20(32)33/h3-7,15,17H,8H2,1-2H3,(H,27,31)(H,32,33)/t15-/m0/s1. The average molecular weight is 500 g/mol. The van der Waals surface area contributed by atoms with E-state index in [1.807, 2.05) is 0 Å². The van der Waals surface area contributed by atoms with Crippen LogP contribution in [0.25, 0.3) is 5.69 Å². The van der Waals surface area contributed by atoms with Crippen LogP contribution in [0.3, 0.4) is 0 Å². The molecule has 0 fully saturated rings. The summed E-state index contributed by atoms with van der Waals surface area (Å²) in [6.07, 6.45) is -5.72. The van der Waals surface area contributed by atoms with Crippen molar-refractivity contribution in [3.63, 3.8) is 0 Å². The Morgan fingerprint density at radius 3 is 2.43 bits per heavy atom. The molecule has 9 nitrogen and oxygen atoms in total. The van der Waals surface area contributed by atoms with E-state index in [-0.39, 0.29) is 11.3 Å². The molecule has 0 spiro atoms. The summed E-state index contributed by atoms with van der Waals surface area (Å²) in [6, 6.07) is 4.96. The van der Waals surface area contributed by atoms with E-state index in [9.17, 15) is 36.3 Å². The Morgan fingerprint density at radius 1 is 1.20 bits per heavy atom. The number of ether oxygens (including phenoxy) is 1. The molecule has 14 heteroatoms. The number of aromatic nitrogens is 3. The fraction of sp³-hybridized carbons (Fsp3) is 0.238. The van der Waals surface area contributed by atoms with Crippen molar-refractivity contribution in [3.8, 4) is 11.4 Å². The number of anilines is 1. The van der Waals surface area contributed by atoms with Gasteiger partial charge in [-0.2, -0.15) is 4.68 Å². The van der Waals surface area contributed by atoms with Gasteiger partial charge in [0.15, 0.2) is 6.10 Å². The third-order valence-corrected chi connectivity index (χ3v) is 4.87. The number of hydrogen-bond donors (Lipinski definition) is 2. The SMILES string of the molecule is Cc1cccc(F)c1NC(=O)c1cc(F)c(-n2nc(C(=O)O)n(C)c2=O)cc1O[C@@H](CF)C(F)F. The maximum atomic E-state index is 15.0. The molecule has 0 aliphatic rings. The van der Waals surface area contributed by atoms with Gasteiger partial charge in [-0.05, 0) is 24.6 Å². The lowest BCUT2D eigenvalue weighted by molar-refractivity contribution is -0.00159. The number of aromatic carboxylic acids is 1. The maximum absolute atomic E-state index is 15.0. The third kappa shape index (κ3) is 5.00. The van der Waals surface area contributed by atoms with E-state index in [1.54, 1.807) is 0 Å². The number of alkyl halides is 3. The molecule has 1 amide bonds. The minimum atomic E-state index is -3.35. The highest BCUT2D eigenvalue weighted by Gasteiger charge is 2.28. The number of halogens is 5. The summed E-state index contributed by atoms with van der Waals surface area (Å²) in [4.78, 5) is 36.4. The van der Waals surface area contributed by atoms with Crippen molar-refractivity contribution in [2.45, 2.75) is 19.5 Å². The molecule has 0 saturated heterocycles. The molecule has 0 unspecified atom stereocenters. The van der Waals surface area contributed by atoms with E-state index < -0.39 is 71.2 Å². The first-order chi connectivity index (χ1) is 16.5. The van der Waals surface area contributed by atoms with Crippen molar-refractivity contribution >= 4 is 17.6 Å². The van der Waals surface area contributed by atoms with Crippen LogP contribution in [-0.4, -0.2) is 50.5 Å². The van der Waals surface area contributed by atoms with E-state index in [0.29, 0.717) is 21.4 Å². The van der Waals surface area contributed by atoms with E-state index in [2.05, 4.69) is 10.4 Å². The molecule has 186 valence electrons. The Kier molecular flexibility index (Phi) is 7.22. The molecular weight excluding hydrogens is 483 g/mol. The van der Waals surface area contributed by atoms with Gasteiger partial charge in [0, 0.05) is 13.1 Å². The highest BCUT2D eigenvalue weighted by Crippen LogP contribution is 2.29. The summed E-state index contributed by atoms with van der Waals surface area (Å²) in [5.41, 5.74) is -2.61. The highest BCUT2D eigenvalue weighted by atomic mass is 19.3. The molecule has 1 atom stereocenters. The minimum absolute atomic E-state index is 0.282. The number of benzene rings is 2. The number of hydrogen-bond acceptors (Lipinski definition) is 5. The van der Waals surface area contributed by atoms with Crippen molar-refractivity contribution in [3.05, 3.63) is 69.4 Å². The van der Waals surface area contributed by atoms with E-state index in [4.69, 9.17) is 9.84 Å². The van der Waals surface area contributed by atoms with E-state index in [0.717, 1.165) is 13.1 Å². The molecule has 35 heavy (non-hydrogen) atoms. The van der Waals surface area contributed by atoms with Crippen molar-refractivity contribution < 1.29 is 41.4 Å². The van der Waals surface area contributed by atoms with Crippen LogP contribution < -0.4 is 15.7 Å². The lowest BCUT2D eigenvalue weighted by Gasteiger charge is -2.19. The van der Waals surface area contributed by atoms with Crippen LogP contribution in [0.4, 0.5) is 27.6 Å². The Balaban J connectivity index is 2.16. The molecule has 3 aromatic rings. The number of aryl methyl sites for hydroxylation is 1. The zero-order valence-corrected chi connectivity index (χ0v) is 18.1.